The molecule has 1 fully saturated rings. The number of ether oxygens (including phenoxy) is 1. The van der Waals surface area contributed by atoms with Gasteiger partial charge < -0.3 is 15.2 Å². The summed E-state index contributed by atoms with van der Waals surface area (Å²) in [4.78, 5) is 24.6. The predicted octanol–water partition coefficient (Wildman–Crippen LogP) is 2.64. The molecule has 0 aromatic heterocycles. The first-order valence-corrected chi connectivity index (χ1v) is 9.23. The van der Waals surface area contributed by atoms with Crippen molar-refractivity contribution in [1.29, 1.82) is 0 Å². The zero-order chi connectivity index (χ0) is 17.5. The fourth-order valence-electron chi connectivity index (χ4n) is 2.85. The Hall–Kier alpha value is -1.53. The van der Waals surface area contributed by atoms with Gasteiger partial charge in [-0.15, -0.1) is 11.8 Å². The summed E-state index contributed by atoms with van der Waals surface area (Å²) in [7, 11) is 0. The Balaban J connectivity index is 1.82. The number of benzene rings is 1. The number of carbonyl (C=O) groups is 2. The highest BCUT2D eigenvalue weighted by molar-refractivity contribution is 8.00. The van der Waals surface area contributed by atoms with E-state index in [-0.39, 0.29) is 18.4 Å². The molecule has 1 amide bonds. The highest BCUT2D eigenvalue weighted by Gasteiger charge is 2.29. The topological polar surface area (TPSA) is 75.6 Å². The minimum Gasteiger partial charge on any atom is -0.481 e. The zero-order valence-corrected chi connectivity index (χ0v) is 15.0. The third-order valence-corrected chi connectivity index (χ3v) is 5.53. The molecule has 6 heteroatoms. The van der Waals surface area contributed by atoms with Gasteiger partial charge in [-0.25, -0.2) is 0 Å². The number of aryl methyl sites for hydroxylation is 2. The fourth-order valence-corrected chi connectivity index (χ4v) is 3.81. The van der Waals surface area contributed by atoms with E-state index in [0.717, 1.165) is 28.9 Å². The summed E-state index contributed by atoms with van der Waals surface area (Å²) in [5.74, 6) is -1.14. The van der Waals surface area contributed by atoms with Crippen molar-refractivity contribution in [3.05, 3.63) is 29.3 Å². The largest absolute Gasteiger partial charge is 0.481 e. The molecule has 0 spiro atoms. The van der Waals surface area contributed by atoms with Crippen LogP contribution < -0.4 is 5.32 Å². The lowest BCUT2D eigenvalue weighted by Gasteiger charge is -2.27. The molecule has 0 radical (unpaired) electrons. The highest BCUT2D eigenvalue weighted by atomic mass is 32.2. The van der Waals surface area contributed by atoms with E-state index < -0.39 is 11.9 Å². The fraction of sp³-hybridized carbons (Fsp3) is 0.556. The summed E-state index contributed by atoms with van der Waals surface area (Å²) in [5.41, 5.74) is 2.30. The molecule has 1 atom stereocenters. The van der Waals surface area contributed by atoms with E-state index in [4.69, 9.17) is 4.74 Å². The molecule has 0 bridgehead atoms. The Morgan fingerprint density at radius 3 is 2.71 bits per heavy atom. The molecule has 2 N–H and O–H groups in total. The molecule has 1 heterocycles. The molecule has 0 saturated carbocycles. The highest BCUT2D eigenvalue weighted by Crippen LogP contribution is 2.25. The van der Waals surface area contributed by atoms with Crippen LogP contribution in [0.2, 0.25) is 0 Å². The lowest BCUT2D eigenvalue weighted by molar-refractivity contribution is -0.144. The van der Waals surface area contributed by atoms with Crippen LogP contribution in [-0.4, -0.2) is 42.5 Å². The number of carbonyl (C=O) groups excluding carboxylic acids is 1. The van der Waals surface area contributed by atoms with Crippen molar-refractivity contribution in [2.75, 3.05) is 25.5 Å². The Labute approximate surface area is 147 Å². The van der Waals surface area contributed by atoms with E-state index >= 15 is 0 Å². The van der Waals surface area contributed by atoms with Crippen LogP contribution in [0.5, 0.6) is 0 Å². The molecule has 1 aliphatic rings. The first kappa shape index (κ1) is 18.8. The summed E-state index contributed by atoms with van der Waals surface area (Å²) in [6, 6.07) is 6.15. The van der Waals surface area contributed by atoms with Crippen molar-refractivity contribution in [2.24, 2.45) is 11.8 Å². The molecule has 1 aliphatic heterocycles. The van der Waals surface area contributed by atoms with Gasteiger partial charge in [0.05, 0.1) is 11.7 Å². The lowest BCUT2D eigenvalue weighted by atomic mass is 9.86. The maximum absolute atomic E-state index is 12.1. The number of nitrogens with one attached hydrogen (secondary N) is 1. The van der Waals surface area contributed by atoms with Crippen LogP contribution in [0, 0.1) is 25.7 Å². The normalized spacial score (nSPS) is 16.6. The quantitative estimate of drug-likeness (QED) is 0.739. The Kier molecular flexibility index (Phi) is 7.12. The Bertz CT molecular complexity index is 584. The number of rotatable bonds is 7. The second kappa shape index (κ2) is 9.08. The molecule has 1 aromatic carbocycles. The molecule has 1 aromatic rings. The van der Waals surface area contributed by atoms with Crippen molar-refractivity contribution in [3.63, 3.8) is 0 Å². The van der Waals surface area contributed by atoms with E-state index in [2.05, 4.69) is 11.4 Å². The van der Waals surface area contributed by atoms with Crippen LogP contribution >= 0.6 is 11.8 Å². The van der Waals surface area contributed by atoms with E-state index in [1.165, 1.54) is 11.8 Å². The van der Waals surface area contributed by atoms with Crippen molar-refractivity contribution < 1.29 is 19.4 Å². The van der Waals surface area contributed by atoms with Gasteiger partial charge >= 0.3 is 5.97 Å². The van der Waals surface area contributed by atoms with Gasteiger partial charge in [0.2, 0.25) is 5.91 Å². The summed E-state index contributed by atoms with van der Waals surface area (Å²) in [5, 5.41) is 12.2. The summed E-state index contributed by atoms with van der Waals surface area (Å²) < 4.78 is 5.28. The summed E-state index contributed by atoms with van der Waals surface area (Å²) in [6.07, 6.45) is 1.48. The van der Waals surface area contributed by atoms with Crippen molar-refractivity contribution >= 4 is 23.6 Å². The first-order valence-electron chi connectivity index (χ1n) is 8.24. The minimum absolute atomic E-state index is 0.0724. The van der Waals surface area contributed by atoms with E-state index in [1.807, 2.05) is 26.0 Å². The van der Waals surface area contributed by atoms with Gasteiger partial charge in [-0.2, -0.15) is 0 Å². The number of aliphatic carboxylic acids is 1. The molecular formula is C18H25NO4S. The molecule has 132 valence electrons. The van der Waals surface area contributed by atoms with Crippen LogP contribution in [0.3, 0.4) is 0 Å². The van der Waals surface area contributed by atoms with Crippen molar-refractivity contribution in [1.82, 2.24) is 5.32 Å². The van der Waals surface area contributed by atoms with Gasteiger partial charge in [0.15, 0.2) is 0 Å². The second-order valence-electron chi connectivity index (χ2n) is 6.26. The van der Waals surface area contributed by atoms with Crippen molar-refractivity contribution in [3.8, 4) is 0 Å². The first-order chi connectivity index (χ1) is 11.5. The average molecular weight is 351 g/mol. The van der Waals surface area contributed by atoms with Crippen LogP contribution in [0.25, 0.3) is 0 Å². The van der Waals surface area contributed by atoms with Crippen LogP contribution in [-0.2, 0) is 14.3 Å². The number of thioether (sulfide) groups is 1. The smallest absolute Gasteiger partial charge is 0.308 e. The van der Waals surface area contributed by atoms with Gasteiger partial charge in [0.1, 0.15) is 0 Å². The summed E-state index contributed by atoms with van der Waals surface area (Å²) >= 11 is 1.49. The summed E-state index contributed by atoms with van der Waals surface area (Å²) in [6.45, 7) is 5.43. The number of hydrogen-bond donors (Lipinski definition) is 2. The van der Waals surface area contributed by atoms with E-state index in [1.54, 1.807) is 0 Å². The third-order valence-electron chi connectivity index (χ3n) is 4.37. The molecule has 1 unspecified atom stereocenters. The predicted molar refractivity (Wildman–Crippen MR) is 94.3 cm³/mol. The number of carboxylic acids is 1. The van der Waals surface area contributed by atoms with Gasteiger partial charge in [-0.05, 0) is 44.2 Å². The average Bonchev–Trinajstić information content (AvgIpc) is 2.56. The maximum Gasteiger partial charge on any atom is 0.308 e. The van der Waals surface area contributed by atoms with Crippen LogP contribution in [0.15, 0.2) is 23.1 Å². The zero-order valence-electron chi connectivity index (χ0n) is 14.2. The number of carboxylic acid groups (broad SMARTS) is 1. The molecule has 0 aliphatic carbocycles. The number of amides is 1. The molecule has 2 rings (SSSR count). The SMILES string of the molecule is Cc1ccc(C)c(SCC(=O)NCC(C(=O)O)C2CCOCC2)c1. The van der Waals surface area contributed by atoms with E-state index in [0.29, 0.717) is 19.0 Å². The molecule has 24 heavy (non-hydrogen) atoms. The molecular weight excluding hydrogens is 326 g/mol. The monoisotopic (exact) mass is 351 g/mol. The minimum atomic E-state index is -0.843. The van der Waals surface area contributed by atoms with Gasteiger partial charge in [-0.3, -0.25) is 9.59 Å². The third kappa shape index (κ3) is 5.53. The second-order valence-corrected chi connectivity index (χ2v) is 7.27. The maximum atomic E-state index is 12.1. The Morgan fingerprint density at radius 1 is 1.33 bits per heavy atom. The van der Waals surface area contributed by atoms with Gasteiger partial charge in [0, 0.05) is 24.7 Å². The van der Waals surface area contributed by atoms with Gasteiger partial charge in [0.25, 0.3) is 0 Å². The number of hydrogen-bond acceptors (Lipinski definition) is 4. The van der Waals surface area contributed by atoms with E-state index in [9.17, 15) is 14.7 Å². The molecule has 5 nitrogen and oxygen atoms in total. The van der Waals surface area contributed by atoms with Crippen molar-refractivity contribution in [2.45, 2.75) is 31.6 Å². The molecule has 1 saturated heterocycles. The van der Waals surface area contributed by atoms with Crippen LogP contribution in [0.4, 0.5) is 0 Å². The van der Waals surface area contributed by atoms with Gasteiger partial charge in [-0.1, -0.05) is 17.7 Å². The Morgan fingerprint density at radius 2 is 2.04 bits per heavy atom. The standard InChI is InChI=1S/C18H25NO4S/c1-12-3-4-13(2)16(9-12)24-11-17(20)19-10-15(18(21)22)14-5-7-23-8-6-14/h3-4,9,14-15H,5-8,10-11H2,1-2H3,(H,19,20)(H,21,22). The van der Waals surface area contributed by atoms with Crippen LogP contribution in [0.1, 0.15) is 24.0 Å². The lowest BCUT2D eigenvalue weighted by Crippen LogP contribution is -2.39.